The summed E-state index contributed by atoms with van der Waals surface area (Å²) < 4.78 is 10.4. The highest BCUT2D eigenvalue weighted by molar-refractivity contribution is 5.67. The fourth-order valence-electron chi connectivity index (χ4n) is 1.65. The van der Waals surface area contributed by atoms with Gasteiger partial charge in [0.25, 0.3) is 0 Å². The summed E-state index contributed by atoms with van der Waals surface area (Å²) in [6.07, 6.45) is 0. The number of phenolic OH excluding ortho intramolecular Hbond substituents is 1. The fourth-order valence-corrected chi connectivity index (χ4v) is 1.65. The van der Waals surface area contributed by atoms with Crippen molar-refractivity contribution in [2.24, 2.45) is 0 Å². The lowest BCUT2D eigenvalue weighted by atomic mass is 10.2. The molecule has 4 heteroatoms. The Morgan fingerprint density at radius 2 is 1.67 bits per heavy atom. The second-order valence-corrected chi connectivity index (χ2v) is 3.71. The van der Waals surface area contributed by atoms with E-state index in [1.54, 1.807) is 38.5 Å². The van der Waals surface area contributed by atoms with E-state index in [4.69, 9.17) is 9.47 Å². The summed E-state index contributed by atoms with van der Waals surface area (Å²) in [5, 5.41) is 12.8. The minimum absolute atomic E-state index is 0.201. The maximum atomic E-state index is 9.68. The van der Waals surface area contributed by atoms with Crippen LogP contribution in [0.25, 0.3) is 0 Å². The Kier molecular flexibility index (Phi) is 3.57. The molecule has 0 saturated heterocycles. The molecule has 0 aromatic heterocycles. The summed E-state index contributed by atoms with van der Waals surface area (Å²) >= 11 is 0. The highest BCUT2D eigenvalue weighted by Crippen LogP contribution is 2.32. The standard InChI is InChI=1S/C14H15NO3/c1-17-13-8-7-10(9-14(13)18-2)15-11-5-3-4-6-12(11)16/h3-9,15-16H,1-2H3. The molecule has 18 heavy (non-hydrogen) atoms. The zero-order chi connectivity index (χ0) is 13.0. The SMILES string of the molecule is COc1ccc(Nc2ccccc2O)cc1OC. The van der Waals surface area contributed by atoms with Crippen molar-refractivity contribution in [1.82, 2.24) is 0 Å². The van der Waals surface area contributed by atoms with Crippen molar-refractivity contribution < 1.29 is 14.6 Å². The number of benzene rings is 2. The van der Waals surface area contributed by atoms with Crippen molar-refractivity contribution in [3.63, 3.8) is 0 Å². The minimum atomic E-state index is 0.201. The Hall–Kier alpha value is -2.36. The number of para-hydroxylation sites is 2. The third kappa shape index (κ3) is 2.48. The summed E-state index contributed by atoms with van der Waals surface area (Å²) in [4.78, 5) is 0. The number of methoxy groups -OCH3 is 2. The molecule has 2 aromatic carbocycles. The maximum absolute atomic E-state index is 9.68. The molecule has 0 bridgehead atoms. The first-order valence-corrected chi connectivity index (χ1v) is 5.51. The Labute approximate surface area is 106 Å². The molecule has 0 fully saturated rings. The molecule has 2 aromatic rings. The molecule has 0 unspecified atom stereocenters. The molecule has 2 rings (SSSR count). The van der Waals surface area contributed by atoms with Crippen molar-refractivity contribution in [3.05, 3.63) is 42.5 Å². The second-order valence-electron chi connectivity index (χ2n) is 3.71. The summed E-state index contributed by atoms with van der Waals surface area (Å²) in [7, 11) is 3.18. The van der Waals surface area contributed by atoms with Gasteiger partial charge in [0.15, 0.2) is 11.5 Å². The lowest BCUT2D eigenvalue weighted by molar-refractivity contribution is 0.355. The number of anilines is 2. The van der Waals surface area contributed by atoms with Crippen LogP contribution in [0.15, 0.2) is 42.5 Å². The third-order valence-corrected chi connectivity index (χ3v) is 2.57. The van der Waals surface area contributed by atoms with Gasteiger partial charge in [-0.1, -0.05) is 12.1 Å². The van der Waals surface area contributed by atoms with Crippen LogP contribution in [0.3, 0.4) is 0 Å². The molecule has 0 atom stereocenters. The van der Waals surface area contributed by atoms with Crippen LogP contribution in [0.4, 0.5) is 11.4 Å². The van der Waals surface area contributed by atoms with Crippen molar-refractivity contribution in [2.45, 2.75) is 0 Å². The molecule has 0 aliphatic rings. The first-order chi connectivity index (χ1) is 8.74. The van der Waals surface area contributed by atoms with E-state index in [2.05, 4.69) is 5.32 Å². The summed E-state index contributed by atoms with van der Waals surface area (Å²) in [5.74, 6) is 1.51. The van der Waals surface area contributed by atoms with E-state index in [0.717, 1.165) is 5.69 Å². The van der Waals surface area contributed by atoms with E-state index < -0.39 is 0 Å². The van der Waals surface area contributed by atoms with Crippen LogP contribution >= 0.6 is 0 Å². The maximum Gasteiger partial charge on any atom is 0.162 e. The Morgan fingerprint density at radius 3 is 2.33 bits per heavy atom. The van der Waals surface area contributed by atoms with Gasteiger partial charge in [-0.25, -0.2) is 0 Å². The van der Waals surface area contributed by atoms with E-state index in [-0.39, 0.29) is 5.75 Å². The molecule has 0 spiro atoms. The van der Waals surface area contributed by atoms with Crippen LogP contribution < -0.4 is 14.8 Å². The van der Waals surface area contributed by atoms with Crippen molar-refractivity contribution in [3.8, 4) is 17.2 Å². The topological polar surface area (TPSA) is 50.7 Å². The number of hydrogen-bond acceptors (Lipinski definition) is 4. The third-order valence-electron chi connectivity index (χ3n) is 2.57. The predicted octanol–water partition coefficient (Wildman–Crippen LogP) is 3.15. The molecule has 0 aliphatic heterocycles. The molecule has 4 nitrogen and oxygen atoms in total. The van der Waals surface area contributed by atoms with Gasteiger partial charge in [-0.2, -0.15) is 0 Å². The molecule has 2 N–H and O–H groups in total. The lowest BCUT2D eigenvalue weighted by Gasteiger charge is -2.12. The van der Waals surface area contributed by atoms with Crippen molar-refractivity contribution in [1.29, 1.82) is 0 Å². The van der Waals surface area contributed by atoms with Crippen molar-refractivity contribution in [2.75, 3.05) is 19.5 Å². The van der Waals surface area contributed by atoms with Gasteiger partial charge in [0, 0.05) is 11.8 Å². The summed E-state index contributed by atoms with van der Waals surface area (Å²) in [6.45, 7) is 0. The average Bonchev–Trinajstić information content (AvgIpc) is 2.41. The number of rotatable bonds is 4. The highest BCUT2D eigenvalue weighted by atomic mass is 16.5. The zero-order valence-electron chi connectivity index (χ0n) is 10.3. The fraction of sp³-hybridized carbons (Fsp3) is 0.143. The van der Waals surface area contributed by atoms with Gasteiger partial charge < -0.3 is 19.9 Å². The Morgan fingerprint density at radius 1 is 0.944 bits per heavy atom. The van der Waals surface area contributed by atoms with E-state index in [1.807, 2.05) is 18.2 Å². The largest absolute Gasteiger partial charge is 0.506 e. The van der Waals surface area contributed by atoms with Gasteiger partial charge in [-0.3, -0.25) is 0 Å². The van der Waals surface area contributed by atoms with Gasteiger partial charge in [0.2, 0.25) is 0 Å². The normalized spacial score (nSPS) is 9.89. The summed E-state index contributed by atoms with van der Waals surface area (Å²) in [6, 6.07) is 12.5. The number of nitrogens with one attached hydrogen (secondary N) is 1. The molecule has 94 valence electrons. The Balaban J connectivity index is 2.27. The van der Waals surface area contributed by atoms with Crippen LogP contribution in [-0.2, 0) is 0 Å². The van der Waals surface area contributed by atoms with E-state index in [1.165, 1.54) is 0 Å². The van der Waals surface area contributed by atoms with Gasteiger partial charge in [0.05, 0.1) is 19.9 Å². The lowest BCUT2D eigenvalue weighted by Crippen LogP contribution is -1.94. The quantitative estimate of drug-likeness (QED) is 0.812. The molecule has 0 amide bonds. The number of hydrogen-bond donors (Lipinski definition) is 2. The van der Waals surface area contributed by atoms with Gasteiger partial charge in [-0.05, 0) is 24.3 Å². The predicted molar refractivity (Wildman–Crippen MR) is 70.9 cm³/mol. The molecule has 0 heterocycles. The van der Waals surface area contributed by atoms with E-state index in [9.17, 15) is 5.11 Å². The molecule has 0 saturated carbocycles. The monoisotopic (exact) mass is 245 g/mol. The van der Waals surface area contributed by atoms with Crippen LogP contribution in [0.2, 0.25) is 0 Å². The van der Waals surface area contributed by atoms with E-state index in [0.29, 0.717) is 17.2 Å². The van der Waals surface area contributed by atoms with Crippen LogP contribution in [0.1, 0.15) is 0 Å². The van der Waals surface area contributed by atoms with Crippen LogP contribution in [0, 0.1) is 0 Å². The molecular formula is C14H15NO3. The summed E-state index contributed by atoms with van der Waals surface area (Å²) in [5.41, 5.74) is 1.46. The zero-order valence-corrected chi connectivity index (χ0v) is 10.3. The average molecular weight is 245 g/mol. The van der Waals surface area contributed by atoms with Crippen molar-refractivity contribution >= 4 is 11.4 Å². The number of aromatic hydroxyl groups is 1. The van der Waals surface area contributed by atoms with Gasteiger partial charge in [-0.15, -0.1) is 0 Å². The first-order valence-electron chi connectivity index (χ1n) is 5.51. The molecular weight excluding hydrogens is 230 g/mol. The molecule has 0 radical (unpaired) electrons. The van der Waals surface area contributed by atoms with Gasteiger partial charge in [0.1, 0.15) is 5.75 Å². The van der Waals surface area contributed by atoms with Gasteiger partial charge >= 0.3 is 0 Å². The second kappa shape index (κ2) is 5.31. The number of phenols is 1. The smallest absolute Gasteiger partial charge is 0.162 e. The van der Waals surface area contributed by atoms with Crippen LogP contribution in [-0.4, -0.2) is 19.3 Å². The first kappa shape index (κ1) is 12.1. The highest BCUT2D eigenvalue weighted by Gasteiger charge is 2.06. The minimum Gasteiger partial charge on any atom is -0.506 e. The Bertz CT molecular complexity index is 540. The van der Waals surface area contributed by atoms with Crippen LogP contribution in [0.5, 0.6) is 17.2 Å². The molecule has 0 aliphatic carbocycles. The number of ether oxygens (including phenoxy) is 2. The van der Waals surface area contributed by atoms with E-state index >= 15 is 0 Å².